The number of rotatable bonds is 5. The number of H-pyrrole nitrogens is 1. The summed E-state index contributed by atoms with van der Waals surface area (Å²) in [6.07, 6.45) is 3.35. The maximum Gasteiger partial charge on any atom is 0.246 e. The molecule has 0 fully saturated rings. The maximum absolute atomic E-state index is 12.2. The molecule has 3 rings (SSSR count). The van der Waals surface area contributed by atoms with Gasteiger partial charge in [-0.15, -0.1) is 5.10 Å². The molecule has 1 aromatic carbocycles. The molecule has 0 radical (unpaired) electrons. The topological polar surface area (TPSA) is 105 Å². The van der Waals surface area contributed by atoms with Gasteiger partial charge in [0.2, 0.25) is 11.8 Å². The first-order valence-electron chi connectivity index (χ1n) is 7.60. The van der Waals surface area contributed by atoms with Crippen LogP contribution in [0.1, 0.15) is 13.8 Å². The third-order valence-electron chi connectivity index (χ3n) is 3.49. The monoisotopic (exact) mass is 326 g/mol. The fourth-order valence-corrected chi connectivity index (χ4v) is 2.23. The first kappa shape index (κ1) is 15.7. The molecule has 8 heteroatoms. The Morgan fingerprint density at radius 2 is 2.08 bits per heavy atom. The number of hydrogen-bond acceptors (Lipinski definition) is 4. The van der Waals surface area contributed by atoms with Crippen LogP contribution in [0.2, 0.25) is 0 Å². The summed E-state index contributed by atoms with van der Waals surface area (Å²) in [5.74, 6) is -0.199. The molecule has 24 heavy (non-hydrogen) atoms. The van der Waals surface area contributed by atoms with Crippen molar-refractivity contribution >= 4 is 34.2 Å². The predicted molar refractivity (Wildman–Crippen MR) is 90.4 cm³/mol. The molecule has 0 atom stereocenters. The van der Waals surface area contributed by atoms with E-state index in [1.165, 1.54) is 10.9 Å². The number of anilines is 2. The molecule has 0 saturated heterocycles. The Kier molecular flexibility index (Phi) is 4.28. The van der Waals surface area contributed by atoms with Crippen LogP contribution in [-0.2, 0) is 16.1 Å². The van der Waals surface area contributed by atoms with E-state index in [0.29, 0.717) is 5.82 Å². The summed E-state index contributed by atoms with van der Waals surface area (Å²) in [5, 5.41) is 14.1. The maximum atomic E-state index is 12.2. The zero-order chi connectivity index (χ0) is 17.1. The number of nitrogens with one attached hydrogen (secondary N) is 3. The average molecular weight is 326 g/mol. The second kappa shape index (κ2) is 6.53. The number of aromatic nitrogens is 4. The van der Waals surface area contributed by atoms with E-state index < -0.39 is 0 Å². The van der Waals surface area contributed by atoms with E-state index in [0.717, 1.165) is 16.6 Å². The van der Waals surface area contributed by atoms with Crippen LogP contribution >= 0.6 is 0 Å². The average Bonchev–Trinajstić information content (AvgIpc) is 3.17. The molecule has 0 aliphatic carbocycles. The Hall–Kier alpha value is -3.16. The van der Waals surface area contributed by atoms with E-state index in [1.807, 2.05) is 30.5 Å². The Morgan fingerprint density at radius 3 is 2.88 bits per heavy atom. The van der Waals surface area contributed by atoms with Crippen LogP contribution in [0.3, 0.4) is 0 Å². The SMILES string of the molecule is CC(C)C(=O)Nc1cn(CC(=O)Nc2cccc3[nH]ccc23)nn1. The van der Waals surface area contributed by atoms with Crippen molar-refractivity contribution < 1.29 is 9.59 Å². The van der Waals surface area contributed by atoms with E-state index in [2.05, 4.69) is 25.9 Å². The Bertz CT molecular complexity index is 879. The van der Waals surface area contributed by atoms with Gasteiger partial charge in [-0.2, -0.15) is 0 Å². The zero-order valence-electron chi connectivity index (χ0n) is 13.4. The van der Waals surface area contributed by atoms with Gasteiger partial charge in [0.05, 0.1) is 11.9 Å². The lowest BCUT2D eigenvalue weighted by atomic mass is 10.2. The third kappa shape index (κ3) is 3.43. The summed E-state index contributed by atoms with van der Waals surface area (Å²) in [5.41, 5.74) is 1.68. The second-order valence-electron chi connectivity index (χ2n) is 5.74. The van der Waals surface area contributed by atoms with E-state index in [9.17, 15) is 9.59 Å². The molecule has 2 amide bonds. The van der Waals surface area contributed by atoms with Gasteiger partial charge < -0.3 is 15.6 Å². The molecular formula is C16H18N6O2. The lowest BCUT2D eigenvalue weighted by Gasteiger charge is -2.06. The number of amides is 2. The molecule has 0 unspecified atom stereocenters. The molecule has 0 bridgehead atoms. The van der Waals surface area contributed by atoms with Crippen molar-refractivity contribution in [2.24, 2.45) is 5.92 Å². The number of carbonyl (C=O) groups is 2. The zero-order valence-corrected chi connectivity index (χ0v) is 13.4. The van der Waals surface area contributed by atoms with E-state index in [4.69, 9.17) is 0 Å². The van der Waals surface area contributed by atoms with E-state index in [-0.39, 0.29) is 24.3 Å². The van der Waals surface area contributed by atoms with Gasteiger partial charge in [0.15, 0.2) is 5.82 Å². The molecular weight excluding hydrogens is 308 g/mol. The van der Waals surface area contributed by atoms with Crippen LogP contribution < -0.4 is 10.6 Å². The van der Waals surface area contributed by atoms with Crippen molar-refractivity contribution in [1.29, 1.82) is 0 Å². The lowest BCUT2D eigenvalue weighted by Crippen LogP contribution is -2.19. The van der Waals surface area contributed by atoms with Crippen LogP contribution in [0, 0.1) is 5.92 Å². The standard InChI is InChI=1S/C16H18N6O2/c1-10(2)16(24)19-14-8-22(21-20-14)9-15(23)18-13-5-3-4-12-11(13)6-7-17-12/h3-8,10,17H,9H2,1-2H3,(H,18,23)(H,19,24). The van der Waals surface area contributed by atoms with Crippen molar-refractivity contribution in [3.8, 4) is 0 Å². The molecule has 124 valence electrons. The smallest absolute Gasteiger partial charge is 0.246 e. The number of benzene rings is 1. The minimum atomic E-state index is -0.227. The second-order valence-corrected chi connectivity index (χ2v) is 5.74. The van der Waals surface area contributed by atoms with Crippen LogP contribution in [-0.4, -0.2) is 31.8 Å². The molecule has 3 aromatic rings. The molecule has 3 N–H and O–H groups in total. The third-order valence-corrected chi connectivity index (χ3v) is 3.49. The fraction of sp³-hybridized carbons (Fsp3) is 0.250. The van der Waals surface area contributed by atoms with Crippen molar-refractivity contribution in [3.63, 3.8) is 0 Å². The lowest BCUT2D eigenvalue weighted by molar-refractivity contribution is -0.119. The first-order chi connectivity index (χ1) is 11.5. The van der Waals surface area contributed by atoms with Gasteiger partial charge in [0, 0.05) is 23.0 Å². The molecule has 0 spiro atoms. The first-order valence-corrected chi connectivity index (χ1v) is 7.60. The quantitative estimate of drug-likeness (QED) is 0.667. The van der Waals surface area contributed by atoms with Crippen LogP contribution in [0.4, 0.5) is 11.5 Å². The number of carbonyl (C=O) groups excluding carboxylic acids is 2. The van der Waals surface area contributed by atoms with Crippen LogP contribution in [0.15, 0.2) is 36.7 Å². The highest BCUT2D eigenvalue weighted by Gasteiger charge is 2.12. The predicted octanol–water partition coefficient (Wildman–Crippen LogP) is 1.99. The van der Waals surface area contributed by atoms with Gasteiger partial charge in [-0.1, -0.05) is 25.1 Å². The largest absolute Gasteiger partial charge is 0.361 e. The van der Waals surface area contributed by atoms with Crippen molar-refractivity contribution in [2.45, 2.75) is 20.4 Å². The highest BCUT2D eigenvalue weighted by atomic mass is 16.2. The van der Waals surface area contributed by atoms with Crippen LogP contribution in [0.5, 0.6) is 0 Å². The number of fused-ring (bicyclic) bond motifs is 1. The number of hydrogen-bond donors (Lipinski definition) is 3. The number of nitrogens with zero attached hydrogens (tertiary/aromatic N) is 3. The van der Waals surface area contributed by atoms with Crippen LogP contribution in [0.25, 0.3) is 10.9 Å². The highest BCUT2D eigenvalue weighted by molar-refractivity contribution is 6.01. The summed E-state index contributed by atoms with van der Waals surface area (Å²) >= 11 is 0. The fourth-order valence-electron chi connectivity index (χ4n) is 2.23. The van der Waals surface area contributed by atoms with Crippen molar-refractivity contribution in [2.75, 3.05) is 10.6 Å². The summed E-state index contributed by atoms with van der Waals surface area (Å²) in [6, 6.07) is 7.54. The van der Waals surface area contributed by atoms with E-state index >= 15 is 0 Å². The Morgan fingerprint density at radius 1 is 1.25 bits per heavy atom. The minimum Gasteiger partial charge on any atom is -0.361 e. The molecule has 2 aromatic heterocycles. The van der Waals surface area contributed by atoms with Gasteiger partial charge in [-0.05, 0) is 18.2 Å². The Balaban J connectivity index is 1.64. The van der Waals surface area contributed by atoms with E-state index in [1.54, 1.807) is 13.8 Å². The summed E-state index contributed by atoms with van der Waals surface area (Å²) in [6.45, 7) is 3.58. The summed E-state index contributed by atoms with van der Waals surface area (Å²) < 4.78 is 1.38. The normalized spacial score (nSPS) is 11.0. The van der Waals surface area contributed by atoms with Crippen molar-refractivity contribution in [3.05, 3.63) is 36.7 Å². The minimum absolute atomic E-state index is 0.00532. The van der Waals surface area contributed by atoms with Crippen molar-refractivity contribution in [1.82, 2.24) is 20.0 Å². The molecule has 0 aliphatic rings. The highest BCUT2D eigenvalue weighted by Crippen LogP contribution is 2.22. The van der Waals surface area contributed by atoms with Gasteiger partial charge >= 0.3 is 0 Å². The number of aromatic amines is 1. The van der Waals surface area contributed by atoms with Gasteiger partial charge in [0.1, 0.15) is 6.54 Å². The molecule has 0 aliphatic heterocycles. The molecule has 8 nitrogen and oxygen atoms in total. The molecule has 0 saturated carbocycles. The van der Waals surface area contributed by atoms with Gasteiger partial charge in [-0.3, -0.25) is 9.59 Å². The Labute approximate surface area is 138 Å². The van der Waals surface area contributed by atoms with Gasteiger partial charge in [-0.25, -0.2) is 4.68 Å². The molecule has 2 heterocycles. The summed E-state index contributed by atoms with van der Waals surface area (Å²) in [4.78, 5) is 26.9. The summed E-state index contributed by atoms with van der Waals surface area (Å²) in [7, 11) is 0. The van der Waals surface area contributed by atoms with Gasteiger partial charge in [0.25, 0.3) is 0 Å².